The summed E-state index contributed by atoms with van der Waals surface area (Å²) < 4.78 is 4.86. The van der Waals surface area contributed by atoms with E-state index in [2.05, 4.69) is 5.29 Å². The standard InChI is InChI=1S/C6H10N2O3/c1-5(9)11-6-2-3-8(4-6)7-10/h6H,2-4H2,1H3. The zero-order chi connectivity index (χ0) is 8.27. The number of carbonyl (C=O) groups is 1. The third-order valence-corrected chi connectivity index (χ3v) is 1.57. The molecule has 5 heteroatoms. The fourth-order valence-corrected chi connectivity index (χ4v) is 1.12. The lowest BCUT2D eigenvalue weighted by Gasteiger charge is -2.08. The molecule has 0 radical (unpaired) electrons. The molecular weight excluding hydrogens is 148 g/mol. The van der Waals surface area contributed by atoms with Gasteiger partial charge in [0.2, 0.25) is 0 Å². The van der Waals surface area contributed by atoms with Crippen LogP contribution in [0.5, 0.6) is 0 Å². The number of esters is 1. The second kappa shape index (κ2) is 3.32. The average molecular weight is 158 g/mol. The Balaban J connectivity index is 2.29. The van der Waals surface area contributed by atoms with E-state index in [0.29, 0.717) is 19.5 Å². The van der Waals surface area contributed by atoms with E-state index in [1.807, 2.05) is 0 Å². The molecule has 1 saturated heterocycles. The Morgan fingerprint density at radius 2 is 2.45 bits per heavy atom. The molecule has 1 rings (SSSR count). The van der Waals surface area contributed by atoms with Crippen molar-refractivity contribution < 1.29 is 9.53 Å². The van der Waals surface area contributed by atoms with Gasteiger partial charge >= 0.3 is 5.97 Å². The number of nitroso groups, excluding NO2 is 1. The minimum atomic E-state index is -0.303. The molecule has 0 amide bonds. The minimum absolute atomic E-state index is 0.148. The molecule has 0 N–H and O–H groups in total. The molecule has 0 aromatic carbocycles. The molecule has 1 fully saturated rings. The van der Waals surface area contributed by atoms with Crippen LogP contribution < -0.4 is 0 Å². The van der Waals surface area contributed by atoms with E-state index >= 15 is 0 Å². The van der Waals surface area contributed by atoms with Crippen molar-refractivity contribution in [1.29, 1.82) is 0 Å². The third-order valence-electron chi connectivity index (χ3n) is 1.57. The fourth-order valence-electron chi connectivity index (χ4n) is 1.12. The van der Waals surface area contributed by atoms with Crippen LogP contribution in [0.4, 0.5) is 0 Å². The van der Waals surface area contributed by atoms with Crippen LogP contribution in [-0.2, 0) is 9.53 Å². The molecule has 11 heavy (non-hydrogen) atoms. The van der Waals surface area contributed by atoms with Crippen LogP contribution in [-0.4, -0.2) is 30.2 Å². The lowest BCUT2D eigenvalue weighted by atomic mass is 10.3. The molecular formula is C6H10N2O3. The first-order chi connectivity index (χ1) is 5.22. The first kappa shape index (κ1) is 7.97. The van der Waals surface area contributed by atoms with Crippen molar-refractivity contribution >= 4 is 5.97 Å². The lowest BCUT2D eigenvalue weighted by Crippen LogP contribution is -2.20. The van der Waals surface area contributed by atoms with Crippen LogP contribution in [0.2, 0.25) is 0 Å². The number of carbonyl (C=O) groups excluding carboxylic acids is 1. The quantitative estimate of drug-likeness (QED) is 0.428. The smallest absolute Gasteiger partial charge is 0.302 e. The Hall–Kier alpha value is -1.13. The van der Waals surface area contributed by atoms with Crippen molar-refractivity contribution in [3.8, 4) is 0 Å². The number of hydrogen-bond donors (Lipinski definition) is 0. The maximum atomic E-state index is 10.4. The van der Waals surface area contributed by atoms with Gasteiger partial charge in [-0.2, -0.15) is 0 Å². The van der Waals surface area contributed by atoms with Gasteiger partial charge in [-0.25, -0.2) is 0 Å². The largest absolute Gasteiger partial charge is 0.461 e. The van der Waals surface area contributed by atoms with Crippen LogP contribution in [0.15, 0.2) is 5.29 Å². The Kier molecular flexibility index (Phi) is 2.40. The van der Waals surface area contributed by atoms with Crippen molar-refractivity contribution in [3.05, 3.63) is 4.91 Å². The zero-order valence-electron chi connectivity index (χ0n) is 6.32. The normalized spacial score (nSPS) is 23.4. The molecule has 0 spiro atoms. The Morgan fingerprint density at radius 3 is 2.91 bits per heavy atom. The molecule has 1 unspecified atom stereocenters. The highest BCUT2D eigenvalue weighted by atomic mass is 16.5. The van der Waals surface area contributed by atoms with Gasteiger partial charge in [0, 0.05) is 19.9 Å². The molecule has 0 saturated carbocycles. The van der Waals surface area contributed by atoms with Gasteiger partial charge in [-0.3, -0.25) is 9.80 Å². The van der Waals surface area contributed by atoms with Crippen LogP contribution in [0.25, 0.3) is 0 Å². The van der Waals surface area contributed by atoms with Gasteiger partial charge in [0.15, 0.2) is 0 Å². The number of ether oxygens (including phenoxy) is 1. The third kappa shape index (κ3) is 2.18. The number of hydrogen-bond acceptors (Lipinski definition) is 4. The van der Waals surface area contributed by atoms with Crippen molar-refractivity contribution in [3.63, 3.8) is 0 Å². The van der Waals surface area contributed by atoms with Gasteiger partial charge in [0.1, 0.15) is 6.10 Å². The molecule has 0 aromatic heterocycles. The van der Waals surface area contributed by atoms with Gasteiger partial charge in [0.25, 0.3) is 0 Å². The van der Waals surface area contributed by atoms with Crippen molar-refractivity contribution in [2.45, 2.75) is 19.4 Å². The first-order valence-corrected chi connectivity index (χ1v) is 3.48. The second-order valence-electron chi connectivity index (χ2n) is 2.51. The van der Waals surface area contributed by atoms with E-state index in [1.54, 1.807) is 0 Å². The monoisotopic (exact) mass is 158 g/mol. The maximum absolute atomic E-state index is 10.4. The van der Waals surface area contributed by atoms with E-state index in [-0.39, 0.29) is 12.1 Å². The van der Waals surface area contributed by atoms with Crippen LogP contribution in [0.1, 0.15) is 13.3 Å². The van der Waals surface area contributed by atoms with Crippen LogP contribution in [0.3, 0.4) is 0 Å². The summed E-state index contributed by atoms with van der Waals surface area (Å²) >= 11 is 0. The SMILES string of the molecule is CC(=O)OC1CCN(N=O)C1. The van der Waals surface area contributed by atoms with Crippen molar-refractivity contribution in [1.82, 2.24) is 5.01 Å². The molecule has 1 atom stereocenters. The van der Waals surface area contributed by atoms with E-state index in [9.17, 15) is 9.70 Å². The summed E-state index contributed by atoms with van der Waals surface area (Å²) in [5.41, 5.74) is 0. The van der Waals surface area contributed by atoms with Gasteiger partial charge in [0.05, 0.1) is 11.8 Å². The Labute approximate surface area is 64.3 Å². The van der Waals surface area contributed by atoms with Crippen LogP contribution in [0, 0.1) is 4.91 Å². The van der Waals surface area contributed by atoms with Gasteiger partial charge < -0.3 is 4.74 Å². The summed E-state index contributed by atoms with van der Waals surface area (Å²) in [4.78, 5) is 20.4. The van der Waals surface area contributed by atoms with Crippen molar-refractivity contribution in [2.24, 2.45) is 5.29 Å². The first-order valence-electron chi connectivity index (χ1n) is 3.48. The van der Waals surface area contributed by atoms with Gasteiger partial charge in [-0.1, -0.05) is 0 Å². The molecule has 0 aromatic rings. The Morgan fingerprint density at radius 1 is 1.73 bits per heavy atom. The van der Waals surface area contributed by atoms with E-state index < -0.39 is 0 Å². The van der Waals surface area contributed by atoms with E-state index in [1.165, 1.54) is 11.9 Å². The molecule has 5 nitrogen and oxygen atoms in total. The summed E-state index contributed by atoms with van der Waals surface area (Å²) in [6, 6.07) is 0. The van der Waals surface area contributed by atoms with Gasteiger partial charge in [-0.05, 0) is 0 Å². The summed E-state index contributed by atoms with van der Waals surface area (Å²) in [5.74, 6) is -0.303. The fraction of sp³-hybridized carbons (Fsp3) is 0.833. The van der Waals surface area contributed by atoms with Crippen LogP contribution >= 0.6 is 0 Å². The molecule has 0 aliphatic carbocycles. The minimum Gasteiger partial charge on any atom is -0.461 e. The molecule has 1 aliphatic heterocycles. The average Bonchev–Trinajstić information content (AvgIpc) is 2.34. The second-order valence-corrected chi connectivity index (χ2v) is 2.51. The number of nitrogens with zero attached hydrogens (tertiary/aromatic N) is 2. The highest BCUT2D eigenvalue weighted by molar-refractivity contribution is 5.66. The molecule has 1 heterocycles. The topological polar surface area (TPSA) is 59.0 Å². The van der Waals surface area contributed by atoms with E-state index in [0.717, 1.165) is 0 Å². The molecule has 62 valence electrons. The summed E-state index contributed by atoms with van der Waals surface area (Å²) in [6.45, 7) is 2.38. The summed E-state index contributed by atoms with van der Waals surface area (Å²) in [7, 11) is 0. The maximum Gasteiger partial charge on any atom is 0.302 e. The molecule has 1 aliphatic rings. The van der Waals surface area contributed by atoms with Crippen molar-refractivity contribution in [2.75, 3.05) is 13.1 Å². The predicted octanol–water partition coefficient (Wildman–Crippen LogP) is 0.305. The summed E-state index contributed by atoms with van der Waals surface area (Å²) in [6.07, 6.45) is 0.552. The highest BCUT2D eigenvalue weighted by Gasteiger charge is 2.24. The highest BCUT2D eigenvalue weighted by Crippen LogP contribution is 2.12. The zero-order valence-corrected chi connectivity index (χ0v) is 6.32. The Bertz CT molecular complexity index is 171. The predicted molar refractivity (Wildman–Crippen MR) is 37.5 cm³/mol. The lowest BCUT2D eigenvalue weighted by molar-refractivity contribution is -0.145. The summed E-state index contributed by atoms with van der Waals surface area (Å²) in [5, 5.41) is 4.09. The van der Waals surface area contributed by atoms with E-state index in [4.69, 9.17) is 4.74 Å². The van der Waals surface area contributed by atoms with Gasteiger partial charge in [-0.15, -0.1) is 4.91 Å². The number of rotatable bonds is 2. The molecule has 0 bridgehead atoms.